The minimum atomic E-state index is -0.127. The molecule has 0 heterocycles. The van der Waals surface area contributed by atoms with Crippen LogP contribution >= 0.6 is 23.2 Å². The fourth-order valence-corrected chi connectivity index (χ4v) is 1.93. The Kier molecular flexibility index (Phi) is 5.64. The van der Waals surface area contributed by atoms with Crippen LogP contribution in [0, 0.1) is 6.92 Å². The van der Waals surface area contributed by atoms with Gasteiger partial charge in [-0.3, -0.25) is 4.79 Å². The summed E-state index contributed by atoms with van der Waals surface area (Å²) in [6.45, 7) is 2.68. The van der Waals surface area contributed by atoms with Gasteiger partial charge in [-0.15, -0.1) is 11.6 Å². The standard InChI is InChI=1S/C12H15Cl2NO/c1-9-4-2-6-11(14)10(9)5-3-7-15-12(16)8-13/h2,4,6H,3,5,7-8H2,1H3,(H,15,16). The van der Waals surface area contributed by atoms with Crippen LogP contribution in [0.15, 0.2) is 18.2 Å². The largest absolute Gasteiger partial charge is 0.355 e. The SMILES string of the molecule is Cc1cccc(Cl)c1CCCNC(=O)CCl. The van der Waals surface area contributed by atoms with Crippen molar-refractivity contribution in [2.45, 2.75) is 19.8 Å². The van der Waals surface area contributed by atoms with Crippen LogP contribution in [0.5, 0.6) is 0 Å². The van der Waals surface area contributed by atoms with Crippen LogP contribution in [0.2, 0.25) is 5.02 Å². The van der Waals surface area contributed by atoms with E-state index in [0.29, 0.717) is 6.54 Å². The van der Waals surface area contributed by atoms with Crippen molar-refractivity contribution in [3.8, 4) is 0 Å². The number of hydrogen-bond acceptors (Lipinski definition) is 1. The lowest BCUT2D eigenvalue weighted by Gasteiger charge is -2.08. The summed E-state index contributed by atoms with van der Waals surface area (Å²) in [6.07, 6.45) is 1.74. The van der Waals surface area contributed by atoms with Gasteiger partial charge in [-0.25, -0.2) is 0 Å². The number of alkyl halides is 1. The molecule has 0 unspecified atom stereocenters. The Labute approximate surface area is 106 Å². The Bertz CT molecular complexity index is 346. The quantitative estimate of drug-likeness (QED) is 0.640. The monoisotopic (exact) mass is 259 g/mol. The molecule has 0 saturated carbocycles. The summed E-state index contributed by atoms with van der Waals surface area (Å²) in [5.41, 5.74) is 2.35. The van der Waals surface area contributed by atoms with E-state index in [4.69, 9.17) is 23.2 Å². The number of amides is 1. The number of carbonyl (C=O) groups is 1. The molecular weight excluding hydrogens is 245 g/mol. The van der Waals surface area contributed by atoms with E-state index >= 15 is 0 Å². The zero-order chi connectivity index (χ0) is 12.0. The van der Waals surface area contributed by atoms with Crippen molar-refractivity contribution in [1.29, 1.82) is 0 Å². The molecule has 0 aliphatic rings. The molecule has 1 rings (SSSR count). The molecule has 0 aliphatic heterocycles. The zero-order valence-corrected chi connectivity index (χ0v) is 10.7. The van der Waals surface area contributed by atoms with E-state index < -0.39 is 0 Å². The van der Waals surface area contributed by atoms with Gasteiger partial charge >= 0.3 is 0 Å². The summed E-state index contributed by atoms with van der Waals surface area (Å²) in [5.74, 6) is -0.108. The number of rotatable bonds is 5. The smallest absolute Gasteiger partial charge is 0.234 e. The predicted molar refractivity (Wildman–Crippen MR) is 68.2 cm³/mol. The summed E-state index contributed by atoms with van der Waals surface area (Å²) in [7, 11) is 0. The maximum atomic E-state index is 10.9. The first-order valence-electron chi connectivity index (χ1n) is 5.22. The molecule has 1 N–H and O–H groups in total. The van der Waals surface area contributed by atoms with E-state index in [-0.39, 0.29) is 11.8 Å². The molecule has 0 bridgehead atoms. The molecule has 0 radical (unpaired) electrons. The molecule has 4 heteroatoms. The number of hydrogen-bond donors (Lipinski definition) is 1. The third-order valence-electron chi connectivity index (χ3n) is 2.40. The van der Waals surface area contributed by atoms with Gasteiger partial charge in [0.15, 0.2) is 0 Å². The number of aryl methyl sites for hydroxylation is 1. The van der Waals surface area contributed by atoms with E-state index in [1.54, 1.807) is 0 Å². The highest BCUT2D eigenvalue weighted by Gasteiger charge is 2.03. The Morgan fingerprint density at radius 2 is 2.19 bits per heavy atom. The normalized spacial score (nSPS) is 10.2. The van der Waals surface area contributed by atoms with Gasteiger partial charge in [-0.2, -0.15) is 0 Å². The number of halogens is 2. The molecule has 88 valence electrons. The Hall–Kier alpha value is -0.730. The topological polar surface area (TPSA) is 29.1 Å². The first kappa shape index (κ1) is 13.3. The van der Waals surface area contributed by atoms with Crippen molar-refractivity contribution in [3.05, 3.63) is 34.3 Å². The Balaban J connectivity index is 2.40. The van der Waals surface area contributed by atoms with Crippen molar-refractivity contribution in [2.24, 2.45) is 0 Å². The van der Waals surface area contributed by atoms with Crippen LogP contribution in [0.1, 0.15) is 17.5 Å². The minimum absolute atomic E-state index is 0.0190. The minimum Gasteiger partial charge on any atom is -0.355 e. The molecule has 16 heavy (non-hydrogen) atoms. The molecule has 0 aromatic heterocycles. The van der Waals surface area contributed by atoms with Crippen molar-refractivity contribution < 1.29 is 4.79 Å². The Morgan fingerprint density at radius 3 is 2.81 bits per heavy atom. The van der Waals surface area contributed by atoms with Crippen molar-refractivity contribution >= 4 is 29.1 Å². The summed E-state index contributed by atoms with van der Waals surface area (Å²) < 4.78 is 0. The van der Waals surface area contributed by atoms with Crippen LogP contribution in [-0.2, 0) is 11.2 Å². The van der Waals surface area contributed by atoms with E-state index in [1.165, 1.54) is 5.56 Å². The average Bonchev–Trinajstić information content (AvgIpc) is 2.27. The molecule has 1 aromatic carbocycles. The first-order valence-corrected chi connectivity index (χ1v) is 6.13. The summed E-state index contributed by atoms with van der Waals surface area (Å²) in [5, 5.41) is 3.52. The third-order valence-corrected chi connectivity index (χ3v) is 3.00. The van der Waals surface area contributed by atoms with Crippen molar-refractivity contribution in [2.75, 3.05) is 12.4 Å². The fraction of sp³-hybridized carbons (Fsp3) is 0.417. The molecule has 0 atom stereocenters. The van der Waals surface area contributed by atoms with E-state index in [2.05, 4.69) is 5.32 Å². The molecule has 0 saturated heterocycles. The molecule has 1 amide bonds. The highest BCUT2D eigenvalue weighted by Crippen LogP contribution is 2.20. The summed E-state index contributed by atoms with van der Waals surface area (Å²) >= 11 is 11.5. The maximum absolute atomic E-state index is 10.9. The van der Waals surface area contributed by atoms with Gasteiger partial charge in [0.05, 0.1) is 0 Å². The zero-order valence-electron chi connectivity index (χ0n) is 9.22. The van der Waals surface area contributed by atoms with Crippen molar-refractivity contribution in [3.63, 3.8) is 0 Å². The molecule has 0 spiro atoms. The number of carbonyl (C=O) groups excluding carboxylic acids is 1. The molecular formula is C12H15Cl2NO. The second-order valence-electron chi connectivity index (χ2n) is 3.62. The van der Waals surface area contributed by atoms with Crippen molar-refractivity contribution in [1.82, 2.24) is 5.32 Å². The van der Waals surface area contributed by atoms with Gasteiger partial charge in [0.2, 0.25) is 5.91 Å². The first-order chi connectivity index (χ1) is 7.65. The number of benzene rings is 1. The lowest BCUT2D eigenvalue weighted by Crippen LogP contribution is -2.25. The van der Waals surface area contributed by atoms with Gasteiger partial charge in [-0.05, 0) is 37.0 Å². The molecule has 0 fully saturated rings. The van der Waals surface area contributed by atoms with Gasteiger partial charge in [0.25, 0.3) is 0 Å². The molecule has 2 nitrogen and oxygen atoms in total. The van der Waals surface area contributed by atoms with Crippen LogP contribution < -0.4 is 5.32 Å². The predicted octanol–water partition coefficient (Wildman–Crippen LogP) is 2.94. The lowest BCUT2D eigenvalue weighted by atomic mass is 10.0. The average molecular weight is 260 g/mol. The van der Waals surface area contributed by atoms with E-state index in [0.717, 1.165) is 23.4 Å². The third kappa shape index (κ3) is 4.03. The summed E-state index contributed by atoms with van der Waals surface area (Å²) in [4.78, 5) is 10.9. The fourth-order valence-electron chi connectivity index (χ4n) is 1.52. The highest BCUT2D eigenvalue weighted by molar-refractivity contribution is 6.31. The molecule has 0 aliphatic carbocycles. The van der Waals surface area contributed by atoms with Gasteiger partial charge in [0.1, 0.15) is 5.88 Å². The second kappa shape index (κ2) is 6.77. The van der Waals surface area contributed by atoms with Crippen LogP contribution in [0.3, 0.4) is 0 Å². The highest BCUT2D eigenvalue weighted by atomic mass is 35.5. The van der Waals surface area contributed by atoms with E-state index in [1.807, 2.05) is 25.1 Å². The summed E-state index contributed by atoms with van der Waals surface area (Å²) in [6, 6.07) is 5.87. The lowest BCUT2D eigenvalue weighted by molar-refractivity contribution is -0.118. The van der Waals surface area contributed by atoms with Gasteiger partial charge < -0.3 is 5.32 Å². The second-order valence-corrected chi connectivity index (χ2v) is 4.30. The van der Waals surface area contributed by atoms with Gasteiger partial charge in [-0.1, -0.05) is 23.7 Å². The maximum Gasteiger partial charge on any atom is 0.234 e. The van der Waals surface area contributed by atoms with Crippen LogP contribution in [0.4, 0.5) is 0 Å². The molecule has 1 aromatic rings. The van der Waals surface area contributed by atoms with Crippen LogP contribution in [-0.4, -0.2) is 18.3 Å². The Morgan fingerprint density at radius 1 is 1.44 bits per heavy atom. The number of nitrogens with one attached hydrogen (secondary N) is 1. The van der Waals surface area contributed by atoms with Crippen LogP contribution in [0.25, 0.3) is 0 Å². The van der Waals surface area contributed by atoms with E-state index in [9.17, 15) is 4.79 Å². The van der Waals surface area contributed by atoms with Gasteiger partial charge in [0, 0.05) is 11.6 Å².